The van der Waals surface area contributed by atoms with Gasteiger partial charge in [0.2, 0.25) is 0 Å². The maximum Gasteiger partial charge on any atom is 0.0755 e. The first-order chi connectivity index (χ1) is 8.54. The van der Waals surface area contributed by atoms with Gasteiger partial charge in [0.25, 0.3) is 0 Å². The summed E-state index contributed by atoms with van der Waals surface area (Å²) in [5.74, 6) is 0. The van der Waals surface area contributed by atoms with Gasteiger partial charge in [0, 0.05) is 23.3 Å². The van der Waals surface area contributed by atoms with Crippen molar-refractivity contribution in [3.8, 4) is 11.3 Å². The van der Waals surface area contributed by atoms with E-state index in [-0.39, 0.29) is 5.54 Å². The minimum atomic E-state index is -0.0175. The molecule has 92 valence electrons. The Morgan fingerprint density at radius 2 is 2.00 bits per heavy atom. The number of fused-ring (bicyclic) bond motifs is 1. The van der Waals surface area contributed by atoms with Crippen LogP contribution < -0.4 is 0 Å². The van der Waals surface area contributed by atoms with Crippen LogP contribution in [0.3, 0.4) is 0 Å². The van der Waals surface area contributed by atoms with Gasteiger partial charge >= 0.3 is 0 Å². The second-order valence-corrected chi connectivity index (χ2v) is 5.37. The standard InChI is InChI=1S/C13H15N5/c1-13(2,3)18-8-10(7-16-18)11-4-12-9(5-14-11)6-15-17-12/h4-8H,1-3H3,(H,15,17). The third-order valence-electron chi connectivity index (χ3n) is 2.89. The molecule has 0 amide bonds. The molecule has 0 radical (unpaired) electrons. The molecule has 0 saturated carbocycles. The Morgan fingerprint density at radius 1 is 1.17 bits per heavy atom. The molecule has 0 unspecified atom stereocenters. The maximum atomic E-state index is 4.43. The van der Waals surface area contributed by atoms with Crippen LogP contribution in [0, 0.1) is 0 Å². The summed E-state index contributed by atoms with van der Waals surface area (Å²) in [6, 6.07) is 1.99. The van der Waals surface area contributed by atoms with Crippen molar-refractivity contribution in [2.45, 2.75) is 26.3 Å². The van der Waals surface area contributed by atoms with E-state index in [9.17, 15) is 0 Å². The Balaban J connectivity index is 2.06. The van der Waals surface area contributed by atoms with Crippen LogP contribution in [0.15, 0.2) is 30.9 Å². The average molecular weight is 241 g/mol. The first-order valence-corrected chi connectivity index (χ1v) is 5.89. The highest BCUT2D eigenvalue weighted by atomic mass is 15.3. The molecule has 0 aliphatic heterocycles. The topological polar surface area (TPSA) is 59.4 Å². The monoisotopic (exact) mass is 241 g/mol. The van der Waals surface area contributed by atoms with Crippen molar-refractivity contribution in [1.29, 1.82) is 0 Å². The summed E-state index contributed by atoms with van der Waals surface area (Å²) >= 11 is 0. The van der Waals surface area contributed by atoms with Crippen molar-refractivity contribution in [3.05, 3.63) is 30.9 Å². The number of aromatic amines is 1. The van der Waals surface area contributed by atoms with E-state index in [4.69, 9.17) is 0 Å². The Labute approximate surface area is 105 Å². The van der Waals surface area contributed by atoms with Crippen LogP contribution in [-0.2, 0) is 5.54 Å². The molecule has 0 aliphatic carbocycles. The summed E-state index contributed by atoms with van der Waals surface area (Å²) in [5.41, 5.74) is 2.89. The molecular formula is C13H15N5. The highest BCUT2D eigenvalue weighted by Gasteiger charge is 2.15. The molecule has 0 aromatic carbocycles. The van der Waals surface area contributed by atoms with Crippen LogP contribution in [0.5, 0.6) is 0 Å². The zero-order valence-corrected chi connectivity index (χ0v) is 10.7. The number of aromatic nitrogens is 5. The lowest BCUT2D eigenvalue weighted by molar-refractivity contribution is 0.355. The molecule has 5 nitrogen and oxygen atoms in total. The van der Waals surface area contributed by atoms with Crippen molar-refractivity contribution in [2.75, 3.05) is 0 Å². The van der Waals surface area contributed by atoms with Crippen molar-refractivity contribution >= 4 is 10.9 Å². The molecule has 1 N–H and O–H groups in total. The number of nitrogens with zero attached hydrogens (tertiary/aromatic N) is 4. The minimum absolute atomic E-state index is 0.0175. The molecule has 0 bridgehead atoms. The van der Waals surface area contributed by atoms with Crippen LogP contribution in [0.25, 0.3) is 22.2 Å². The molecule has 0 aliphatic rings. The van der Waals surface area contributed by atoms with Crippen LogP contribution in [-0.4, -0.2) is 25.0 Å². The van der Waals surface area contributed by atoms with E-state index in [1.54, 1.807) is 6.20 Å². The summed E-state index contributed by atoms with van der Waals surface area (Å²) in [7, 11) is 0. The van der Waals surface area contributed by atoms with Crippen LogP contribution in [0.4, 0.5) is 0 Å². The van der Waals surface area contributed by atoms with Gasteiger partial charge in [0.05, 0.1) is 29.1 Å². The highest BCUT2D eigenvalue weighted by molar-refractivity contribution is 5.80. The van der Waals surface area contributed by atoms with Gasteiger partial charge in [0.1, 0.15) is 0 Å². The first-order valence-electron chi connectivity index (χ1n) is 5.89. The van der Waals surface area contributed by atoms with Crippen LogP contribution in [0.2, 0.25) is 0 Å². The van der Waals surface area contributed by atoms with Gasteiger partial charge in [-0.05, 0) is 26.8 Å². The molecular weight excluding hydrogens is 226 g/mol. The zero-order valence-electron chi connectivity index (χ0n) is 10.7. The van der Waals surface area contributed by atoms with Crippen LogP contribution >= 0.6 is 0 Å². The lowest BCUT2D eigenvalue weighted by Crippen LogP contribution is -2.21. The largest absolute Gasteiger partial charge is 0.278 e. The van der Waals surface area contributed by atoms with E-state index >= 15 is 0 Å². The van der Waals surface area contributed by atoms with Crippen molar-refractivity contribution in [3.63, 3.8) is 0 Å². The number of pyridine rings is 1. The Kier molecular flexibility index (Phi) is 2.23. The number of hydrogen-bond acceptors (Lipinski definition) is 3. The summed E-state index contributed by atoms with van der Waals surface area (Å²) in [5, 5.41) is 12.3. The number of hydrogen-bond donors (Lipinski definition) is 1. The zero-order chi connectivity index (χ0) is 12.8. The summed E-state index contributed by atoms with van der Waals surface area (Å²) < 4.78 is 1.95. The van der Waals surface area contributed by atoms with Gasteiger partial charge in [-0.3, -0.25) is 14.8 Å². The second-order valence-electron chi connectivity index (χ2n) is 5.37. The number of rotatable bonds is 1. The van der Waals surface area contributed by atoms with E-state index in [1.807, 2.05) is 29.3 Å². The lowest BCUT2D eigenvalue weighted by Gasteiger charge is -2.18. The fraction of sp³-hybridized carbons (Fsp3) is 0.308. The van der Waals surface area contributed by atoms with Crippen molar-refractivity contribution in [1.82, 2.24) is 25.0 Å². The van der Waals surface area contributed by atoms with Gasteiger partial charge < -0.3 is 0 Å². The molecule has 0 spiro atoms. The smallest absolute Gasteiger partial charge is 0.0755 e. The summed E-state index contributed by atoms with van der Waals surface area (Å²) in [6.07, 6.45) is 7.45. The molecule has 3 heterocycles. The SMILES string of the molecule is CC(C)(C)n1cc(-c2cc3[nH]ncc3cn2)cn1. The third kappa shape index (κ3) is 1.77. The van der Waals surface area contributed by atoms with E-state index in [0.29, 0.717) is 0 Å². The van der Waals surface area contributed by atoms with Gasteiger partial charge in [-0.25, -0.2) is 0 Å². The molecule has 18 heavy (non-hydrogen) atoms. The normalized spacial score (nSPS) is 12.2. The van der Waals surface area contributed by atoms with E-state index in [2.05, 4.69) is 41.1 Å². The summed E-state index contributed by atoms with van der Waals surface area (Å²) in [6.45, 7) is 6.36. The molecule has 3 aromatic rings. The Morgan fingerprint density at radius 3 is 2.72 bits per heavy atom. The average Bonchev–Trinajstić information content (AvgIpc) is 2.96. The van der Waals surface area contributed by atoms with Gasteiger partial charge in [0.15, 0.2) is 0 Å². The number of H-pyrrole nitrogens is 1. The van der Waals surface area contributed by atoms with E-state index in [0.717, 1.165) is 22.2 Å². The molecule has 0 fully saturated rings. The fourth-order valence-electron chi connectivity index (χ4n) is 1.82. The highest BCUT2D eigenvalue weighted by Crippen LogP contribution is 2.22. The van der Waals surface area contributed by atoms with E-state index < -0.39 is 0 Å². The third-order valence-corrected chi connectivity index (χ3v) is 2.89. The van der Waals surface area contributed by atoms with E-state index in [1.165, 1.54) is 0 Å². The lowest BCUT2D eigenvalue weighted by atomic mass is 10.1. The Bertz CT molecular complexity index is 687. The molecule has 3 rings (SSSR count). The molecule has 5 heteroatoms. The van der Waals surface area contributed by atoms with Gasteiger partial charge in [-0.15, -0.1) is 0 Å². The van der Waals surface area contributed by atoms with Crippen molar-refractivity contribution < 1.29 is 0 Å². The van der Waals surface area contributed by atoms with Crippen molar-refractivity contribution in [2.24, 2.45) is 0 Å². The summed E-state index contributed by atoms with van der Waals surface area (Å²) in [4.78, 5) is 4.43. The molecule has 0 saturated heterocycles. The quantitative estimate of drug-likeness (QED) is 0.712. The predicted molar refractivity (Wildman–Crippen MR) is 70.1 cm³/mol. The van der Waals surface area contributed by atoms with Crippen LogP contribution in [0.1, 0.15) is 20.8 Å². The Hall–Kier alpha value is -2.17. The number of nitrogens with one attached hydrogen (secondary N) is 1. The maximum absolute atomic E-state index is 4.43. The fourth-order valence-corrected chi connectivity index (χ4v) is 1.82. The molecule has 0 atom stereocenters. The van der Waals surface area contributed by atoms with Gasteiger partial charge in [-0.1, -0.05) is 0 Å². The van der Waals surface area contributed by atoms with Gasteiger partial charge in [-0.2, -0.15) is 10.2 Å². The minimum Gasteiger partial charge on any atom is -0.278 e. The predicted octanol–water partition coefficient (Wildman–Crippen LogP) is 2.58. The molecule has 3 aromatic heterocycles. The second kappa shape index (κ2) is 3.66. The first kappa shape index (κ1) is 11.0.